The highest BCUT2D eigenvalue weighted by Gasteiger charge is 2.29. The molecule has 4 atom stereocenters. The smallest absolute Gasteiger partial charge is 0.119 e. The summed E-state index contributed by atoms with van der Waals surface area (Å²) in [5, 5.41) is 13.6. The van der Waals surface area contributed by atoms with Gasteiger partial charge in [-0.3, -0.25) is 0 Å². The third-order valence-electron chi connectivity index (χ3n) is 4.72. The molecule has 1 aromatic carbocycles. The Hall–Kier alpha value is -1.06. The maximum atomic E-state index is 10.1. The number of aliphatic hydroxyl groups excluding tert-OH is 1. The first-order valence-corrected chi connectivity index (χ1v) is 8.08. The maximum Gasteiger partial charge on any atom is 0.119 e. The van der Waals surface area contributed by atoms with Crippen LogP contribution in [0.2, 0.25) is 0 Å². The molecular weight excluding hydrogens is 262 g/mol. The van der Waals surface area contributed by atoms with Crippen molar-refractivity contribution in [2.75, 3.05) is 13.2 Å². The quantitative estimate of drug-likeness (QED) is 0.846. The third kappa shape index (κ3) is 4.72. The molecule has 2 rings (SSSR count). The number of nitrogens with one attached hydrogen (secondary N) is 1. The molecule has 3 heteroatoms. The van der Waals surface area contributed by atoms with Gasteiger partial charge in [0, 0.05) is 12.6 Å². The first-order valence-electron chi connectivity index (χ1n) is 8.08. The van der Waals surface area contributed by atoms with E-state index < -0.39 is 6.10 Å². The van der Waals surface area contributed by atoms with E-state index in [9.17, 15) is 5.11 Å². The molecule has 0 amide bonds. The van der Waals surface area contributed by atoms with Gasteiger partial charge >= 0.3 is 0 Å². The Labute approximate surface area is 128 Å². The van der Waals surface area contributed by atoms with Crippen LogP contribution in [0.25, 0.3) is 0 Å². The Morgan fingerprint density at radius 1 is 1.19 bits per heavy atom. The molecule has 4 unspecified atom stereocenters. The van der Waals surface area contributed by atoms with Crippen LogP contribution in [0.1, 0.15) is 37.8 Å². The van der Waals surface area contributed by atoms with Crippen LogP contribution in [0.3, 0.4) is 0 Å². The monoisotopic (exact) mass is 291 g/mol. The van der Waals surface area contributed by atoms with Gasteiger partial charge in [0.1, 0.15) is 18.5 Å². The Bertz CT molecular complexity index is 440. The van der Waals surface area contributed by atoms with Gasteiger partial charge in [-0.25, -0.2) is 0 Å². The molecule has 0 radical (unpaired) electrons. The van der Waals surface area contributed by atoms with Crippen LogP contribution < -0.4 is 10.1 Å². The molecule has 1 aliphatic carbocycles. The number of hydrogen-bond donors (Lipinski definition) is 2. The van der Waals surface area contributed by atoms with E-state index in [1.165, 1.54) is 24.0 Å². The van der Waals surface area contributed by atoms with E-state index >= 15 is 0 Å². The number of aryl methyl sites for hydroxylation is 2. The van der Waals surface area contributed by atoms with Crippen LogP contribution in [0, 0.1) is 25.7 Å². The second-order valence-corrected chi connectivity index (χ2v) is 6.72. The lowest BCUT2D eigenvalue weighted by Crippen LogP contribution is -2.39. The molecule has 0 bridgehead atoms. The topological polar surface area (TPSA) is 41.5 Å². The fraction of sp³-hybridized carbons (Fsp3) is 0.667. The first-order chi connectivity index (χ1) is 9.95. The zero-order chi connectivity index (χ0) is 15.4. The van der Waals surface area contributed by atoms with Gasteiger partial charge < -0.3 is 15.2 Å². The fourth-order valence-corrected chi connectivity index (χ4v) is 3.21. The molecule has 1 fully saturated rings. The van der Waals surface area contributed by atoms with Gasteiger partial charge in [-0.2, -0.15) is 0 Å². The summed E-state index contributed by atoms with van der Waals surface area (Å²) in [4.78, 5) is 0. The van der Waals surface area contributed by atoms with Gasteiger partial charge in [0.2, 0.25) is 0 Å². The summed E-state index contributed by atoms with van der Waals surface area (Å²) < 4.78 is 5.70. The molecule has 0 aromatic heterocycles. The molecule has 0 heterocycles. The Morgan fingerprint density at radius 3 is 2.43 bits per heavy atom. The van der Waals surface area contributed by atoms with Crippen LogP contribution in [0.5, 0.6) is 5.75 Å². The predicted molar refractivity (Wildman–Crippen MR) is 86.8 cm³/mol. The molecule has 21 heavy (non-hydrogen) atoms. The number of hydrogen-bond acceptors (Lipinski definition) is 3. The number of benzene rings is 1. The van der Waals surface area contributed by atoms with Crippen LogP contribution in [0.15, 0.2) is 18.2 Å². The minimum absolute atomic E-state index is 0.340. The number of rotatable bonds is 6. The highest BCUT2D eigenvalue weighted by atomic mass is 16.5. The summed E-state index contributed by atoms with van der Waals surface area (Å²) in [6, 6.07) is 6.67. The lowest BCUT2D eigenvalue weighted by Gasteiger charge is -2.21. The zero-order valence-electron chi connectivity index (χ0n) is 13.7. The second-order valence-electron chi connectivity index (χ2n) is 6.72. The predicted octanol–water partition coefficient (Wildman–Crippen LogP) is 3.07. The van der Waals surface area contributed by atoms with Crippen molar-refractivity contribution in [3.05, 3.63) is 29.3 Å². The van der Waals surface area contributed by atoms with Crippen LogP contribution in [-0.2, 0) is 0 Å². The van der Waals surface area contributed by atoms with Crippen molar-refractivity contribution in [3.63, 3.8) is 0 Å². The fourth-order valence-electron chi connectivity index (χ4n) is 3.21. The maximum absolute atomic E-state index is 10.1. The Morgan fingerprint density at radius 2 is 1.86 bits per heavy atom. The van der Waals surface area contributed by atoms with Crippen molar-refractivity contribution in [1.82, 2.24) is 5.32 Å². The average Bonchev–Trinajstić information content (AvgIpc) is 2.73. The normalized spacial score (nSPS) is 26.8. The summed E-state index contributed by atoms with van der Waals surface area (Å²) in [5.74, 6) is 2.32. The van der Waals surface area contributed by atoms with Crippen LogP contribution in [0.4, 0.5) is 0 Å². The number of ether oxygens (including phenoxy) is 1. The van der Waals surface area contributed by atoms with E-state index in [1.807, 2.05) is 12.1 Å². The van der Waals surface area contributed by atoms with Crippen LogP contribution in [-0.4, -0.2) is 30.4 Å². The largest absolute Gasteiger partial charge is 0.491 e. The van der Waals surface area contributed by atoms with Gasteiger partial charge in [0.15, 0.2) is 0 Å². The average molecular weight is 291 g/mol. The lowest BCUT2D eigenvalue weighted by atomic mass is 9.98. The SMILES string of the molecule is Cc1cc(C)cc(OCC(O)CNC2CCC(C)C2C)c1. The zero-order valence-corrected chi connectivity index (χ0v) is 13.7. The Kier molecular flexibility index (Phi) is 5.65. The van der Waals surface area contributed by atoms with E-state index in [1.54, 1.807) is 0 Å². The summed E-state index contributed by atoms with van der Waals surface area (Å²) in [6.45, 7) is 9.67. The van der Waals surface area contributed by atoms with Gasteiger partial charge in [-0.05, 0) is 61.8 Å². The van der Waals surface area contributed by atoms with Crippen LogP contribution >= 0.6 is 0 Å². The highest BCUT2D eigenvalue weighted by molar-refractivity contribution is 5.32. The molecule has 3 nitrogen and oxygen atoms in total. The van der Waals surface area contributed by atoms with Gasteiger partial charge in [-0.15, -0.1) is 0 Å². The summed E-state index contributed by atoms with van der Waals surface area (Å²) in [5.41, 5.74) is 2.37. The van der Waals surface area contributed by atoms with Crippen molar-refractivity contribution < 1.29 is 9.84 Å². The Balaban J connectivity index is 1.73. The standard InChI is InChI=1S/C18H29NO2/c1-12-7-13(2)9-17(8-12)21-11-16(20)10-19-18-6-5-14(3)15(18)4/h7-9,14-16,18-20H,5-6,10-11H2,1-4H3. The van der Waals surface area contributed by atoms with Crippen molar-refractivity contribution >= 4 is 0 Å². The minimum atomic E-state index is -0.464. The van der Waals surface area contributed by atoms with Gasteiger partial charge in [0.05, 0.1) is 0 Å². The number of aliphatic hydroxyl groups is 1. The van der Waals surface area contributed by atoms with Crippen molar-refractivity contribution in [2.45, 2.75) is 52.7 Å². The molecule has 118 valence electrons. The van der Waals surface area contributed by atoms with E-state index in [0.29, 0.717) is 25.1 Å². The molecular formula is C18H29NO2. The van der Waals surface area contributed by atoms with Gasteiger partial charge in [0.25, 0.3) is 0 Å². The highest BCUT2D eigenvalue weighted by Crippen LogP contribution is 2.30. The van der Waals surface area contributed by atoms with E-state index in [2.05, 4.69) is 39.1 Å². The summed E-state index contributed by atoms with van der Waals surface area (Å²) in [6.07, 6.45) is 2.04. The summed E-state index contributed by atoms with van der Waals surface area (Å²) >= 11 is 0. The third-order valence-corrected chi connectivity index (χ3v) is 4.72. The molecule has 2 N–H and O–H groups in total. The van der Waals surface area contributed by atoms with Crippen molar-refractivity contribution in [2.24, 2.45) is 11.8 Å². The molecule has 0 aliphatic heterocycles. The molecule has 0 saturated heterocycles. The van der Waals surface area contributed by atoms with E-state index in [-0.39, 0.29) is 0 Å². The second kappa shape index (κ2) is 7.28. The van der Waals surface area contributed by atoms with Crippen molar-refractivity contribution in [1.29, 1.82) is 0 Å². The first kappa shape index (κ1) is 16.3. The minimum Gasteiger partial charge on any atom is -0.491 e. The van der Waals surface area contributed by atoms with E-state index in [4.69, 9.17) is 4.74 Å². The molecule has 1 saturated carbocycles. The van der Waals surface area contributed by atoms with Crippen molar-refractivity contribution in [3.8, 4) is 5.75 Å². The van der Waals surface area contributed by atoms with Gasteiger partial charge in [-0.1, -0.05) is 19.9 Å². The summed E-state index contributed by atoms with van der Waals surface area (Å²) in [7, 11) is 0. The lowest BCUT2D eigenvalue weighted by molar-refractivity contribution is 0.102. The molecule has 0 spiro atoms. The molecule has 1 aliphatic rings. The van der Waals surface area contributed by atoms with E-state index in [0.717, 1.165) is 11.7 Å². The molecule has 1 aromatic rings.